The van der Waals surface area contributed by atoms with E-state index in [4.69, 9.17) is 0 Å². The fourth-order valence-corrected chi connectivity index (χ4v) is 7.47. The Morgan fingerprint density at radius 1 is 0.476 bits per heavy atom. The van der Waals surface area contributed by atoms with Gasteiger partial charge in [-0.1, -0.05) is 123 Å². The number of rotatable bonds is 3. The van der Waals surface area contributed by atoms with Gasteiger partial charge >= 0.3 is 0 Å². The predicted octanol–water partition coefficient (Wildman–Crippen LogP) is 11.1. The topological polar surface area (TPSA) is 4.93 Å². The zero-order chi connectivity index (χ0) is 28.0. The highest BCUT2D eigenvalue weighted by molar-refractivity contribution is 6.21. The van der Waals surface area contributed by atoms with Crippen LogP contribution in [0, 0.1) is 0 Å². The Labute approximate surface area is 245 Å². The molecule has 0 saturated heterocycles. The van der Waals surface area contributed by atoms with Gasteiger partial charge in [0.2, 0.25) is 0 Å². The molecule has 1 aliphatic carbocycles. The minimum absolute atomic E-state index is 0.000577. The molecule has 1 heterocycles. The molecule has 8 aromatic rings. The second-order valence-corrected chi connectivity index (χ2v) is 12.2. The second-order valence-electron chi connectivity index (χ2n) is 12.2. The van der Waals surface area contributed by atoms with Crippen LogP contribution in [0.3, 0.4) is 0 Å². The summed E-state index contributed by atoms with van der Waals surface area (Å²) in [5.41, 5.74) is 8.97. The fourth-order valence-electron chi connectivity index (χ4n) is 7.47. The third kappa shape index (κ3) is 3.19. The Balaban J connectivity index is 1.12. The Hall–Kier alpha value is -5.14. The molecule has 1 aromatic heterocycles. The van der Waals surface area contributed by atoms with E-state index in [1.54, 1.807) is 0 Å². The molecule has 0 radical (unpaired) electrons. The van der Waals surface area contributed by atoms with Crippen molar-refractivity contribution < 1.29 is 0 Å². The maximum absolute atomic E-state index is 2.40. The van der Waals surface area contributed by atoms with Gasteiger partial charge in [0, 0.05) is 21.9 Å². The molecule has 0 amide bonds. The van der Waals surface area contributed by atoms with Crippen molar-refractivity contribution in [1.29, 1.82) is 0 Å². The molecule has 0 N–H and O–H groups in total. The lowest BCUT2D eigenvalue weighted by Crippen LogP contribution is -2.15. The van der Waals surface area contributed by atoms with E-state index in [2.05, 4.69) is 158 Å². The molecule has 42 heavy (non-hydrogen) atoms. The molecule has 1 heteroatoms. The first-order valence-electron chi connectivity index (χ1n) is 14.8. The first-order chi connectivity index (χ1) is 20.6. The van der Waals surface area contributed by atoms with E-state index in [1.165, 1.54) is 82.1 Å². The van der Waals surface area contributed by atoms with Crippen molar-refractivity contribution in [3.05, 3.63) is 150 Å². The van der Waals surface area contributed by atoms with Crippen molar-refractivity contribution in [3.63, 3.8) is 0 Å². The van der Waals surface area contributed by atoms with Crippen LogP contribution in [-0.2, 0) is 5.41 Å². The molecule has 1 nitrogen and oxygen atoms in total. The van der Waals surface area contributed by atoms with Crippen LogP contribution in [0.25, 0.3) is 72.0 Å². The van der Waals surface area contributed by atoms with Crippen molar-refractivity contribution >= 4 is 66.3 Å². The number of aromatic nitrogens is 1. The SMILES string of the molecule is CC1(C)c2cccc3ccc4cc(C=Cc5ccc(-n6c7ccccc7c7c8ccccc8ccc76)cc5)cc1c4c23. The smallest absolute Gasteiger partial charge is 0.0547 e. The van der Waals surface area contributed by atoms with Gasteiger partial charge in [-0.2, -0.15) is 0 Å². The van der Waals surface area contributed by atoms with E-state index in [1.807, 2.05) is 0 Å². The minimum atomic E-state index is 0.000577. The lowest BCUT2D eigenvalue weighted by atomic mass is 9.81. The molecule has 0 atom stereocenters. The van der Waals surface area contributed by atoms with Crippen LogP contribution < -0.4 is 0 Å². The quantitative estimate of drug-likeness (QED) is 0.157. The van der Waals surface area contributed by atoms with Gasteiger partial charge in [0.25, 0.3) is 0 Å². The van der Waals surface area contributed by atoms with Crippen LogP contribution in [0.4, 0.5) is 0 Å². The summed E-state index contributed by atoms with van der Waals surface area (Å²) in [6.07, 6.45) is 4.51. The zero-order valence-electron chi connectivity index (χ0n) is 23.7. The molecule has 0 spiro atoms. The average molecular weight is 536 g/mol. The zero-order valence-corrected chi connectivity index (χ0v) is 23.7. The van der Waals surface area contributed by atoms with E-state index < -0.39 is 0 Å². The Bertz CT molecular complexity index is 2420. The maximum Gasteiger partial charge on any atom is 0.0547 e. The predicted molar refractivity (Wildman–Crippen MR) is 181 cm³/mol. The first kappa shape index (κ1) is 23.6. The van der Waals surface area contributed by atoms with Gasteiger partial charge in [-0.25, -0.2) is 0 Å². The highest BCUT2D eigenvalue weighted by atomic mass is 15.0. The van der Waals surface area contributed by atoms with Gasteiger partial charge in [0.15, 0.2) is 0 Å². The fraction of sp³-hybridized carbons (Fsp3) is 0.0732. The van der Waals surface area contributed by atoms with Crippen molar-refractivity contribution in [2.75, 3.05) is 0 Å². The van der Waals surface area contributed by atoms with E-state index in [0.717, 1.165) is 0 Å². The Kier molecular flexibility index (Phi) is 4.73. The summed E-state index contributed by atoms with van der Waals surface area (Å²) in [6, 6.07) is 47.0. The number of hydrogen-bond donors (Lipinski definition) is 0. The molecular weight excluding hydrogens is 506 g/mol. The van der Waals surface area contributed by atoms with E-state index >= 15 is 0 Å². The molecule has 0 fully saturated rings. The monoisotopic (exact) mass is 535 g/mol. The summed E-state index contributed by atoms with van der Waals surface area (Å²) in [4.78, 5) is 0. The molecule has 7 aromatic carbocycles. The first-order valence-corrected chi connectivity index (χ1v) is 14.8. The molecule has 198 valence electrons. The van der Waals surface area contributed by atoms with Crippen LogP contribution in [0.5, 0.6) is 0 Å². The normalized spacial score (nSPS) is 14.0. The number of hydrogen-bond acceptors (Lipinski definition) is 0. The van der Waals surface area contributed by atoms with Crippen molar-refractivity contribution in [3.8, 4) is 5.69 Å². The number of benzene rings is 7. The van der Waals surface area contributed by atoms with Gasteiger partial charge in [-0.15, -0.1) is 0 Å². The van der Waals surface area contributed by atoms with E-state index in [0.29, 0.717) is 0 Å². The molecule has 1 aliphatic rings. The molecular formula is C41H29N. The molecule has 0 aliphatic heterocycles. The van der Waals surface area contributed by atoms with Crippen LogP contribution in [0.1, 0.15) is 36.1 Å². The van der Waals surface area contributed by atoms with Crippen molar-refractivity contribution in [2.45, 2.75) is 19.3 Å². The third-order valence-corrected chi connectivity index (χ3v) is 9.51. The van der Waals surface area contributed by atoms with Crippen LogP contribution >= 0.6 is 0 Å². The molecule has 9 rings (SSSR count). The van der Waals surface area contributed by atoms with Gasteiger partial charge < -0.3 is 4.57 Å². The lowest BCUT2D eigenvalue weighted by Gasteiger charge is -2.22. The van der Waals surface area contributed by atoms with Gasteiger partial charge in [0.1, 0.15) is 0 Å². The summed E-state index contributed by atoms with van der Waals surface area (Å²) < 4.78 is 2.40. The summed E-state index contributed by atoms with van der Waals surface area (Å²) in [7, 11) is 0. The van der Waals surface area contributed by atoms with E-state index in [9.17, 15) is 0 Å². The van der Waals surface area contributed by atoms with Gasteiger partial charge in [-0.3, -0.25) is 0 Å². The van der Waals surface area contributed by atoms with Crippen LogP contribution in [0.2, 0.25) is 0 Å². The minimum Gasteiger partial charge on any atom is -0.309 e. The third-order valence-electron chi connectivity index (χ3n) is 9.51. The van der Waals surface area contributed by atoms with Crippen molar-refractivity contribution in [2.24, 2.45) is 0 Å². The lowest BCUT2D eigenvalue weighted by molar-refractivity contribution is 0.662. The largest absolute Gasteiger partial charge is 0.309 e. The Morgan fingerprint density at radius 2 is 1.17 bits per heavy atom. The summed E-state index contributed by atoms with van der Waals surface area (Å²) in [6.45, 7) is 4.72. The second kappa shape index (κ2) is 8.44. The number of para-hydroxylation sites is 1. The number of nitrogens with zero attached hydrogens (tertiary/aromatic N) is 1. The summed E-state index contributed by atoms with van der Waals surface area (Å²) >= 11 is 0. The highest BCUT2D eigenvalue weighted by Crippen LogP contribution is 2.49. The standard InChI is InChI=1S/C41H29N/c1-41(2)34-12-7-9-29-18-19-30-24-27(25-35(41)39(30)38(29)34)15-14-26-16-21-31(22-17-26)42-36-13-6-5-11-33(36)40-32-10-4-3-8-28(32)20-23-37(40)42/h3-25H,1-2H3. The van der Waals surface area contributed by atoms with Crippen molar-refractivity contribution in [1.82, 2.24) is 4.57 Å². The van der Waals surface area contributed by atoms with Crippen LogP contribution in [0.15, 0.2) is 127 Å². The van der Waals surface area contributed by atoms with Crippen LogP contribution in [-0.4, -0.2) is 4.57 Å². The van der Waals surface area contributed by atoms with Gasteiger partial charge in [0.05, 0.1) is 11.0 Å². The Morgan fingerprint density at radius 3 is 2.05 bits per heavy atom. The maximum atomic E-state index is 2.40. The highest BCUT2D eigenvalue weighted by Gasteiger charge is 2.33. The molecule has 0 saturated carbocycles. The summed E-state index contributed by atoms with van der Waals surface area (Å²) in [5.74, 6) is 0. The average Bonchev–Trinajstić information content (AvgIpc) is 3.49. The molecule has 0 unspecified atom stereocenters. The summed E-state index contributed by atoms with van der Waals surface area (Å²) in [5, 5.41) is 10.7. The number of fused-ring (bicyclic) bond motifs is 5. The van der Waals surface area contributed by atoms with E-state index in [-0.39, 0.29) is 5.41 Å². The molecule has 0 bridgehead atoms. The van der Waals surface area contributed by atoms with Gasteiger partial charge in [-0.05, 0) is 84.9 Å².